The molecule has 216 valence electrons. The number of rotatable bonds is 6. The molecule has 0 spiro atoms. The van der Waals surface area contributed by atoms with Gasteiger partial charge in [0.05, 0.1) is 17.8 Å². The highest BCUT2D eigenvalue weighted by molar-refractivity contribution is 5.91. The highest BCUT2D eigenvalue weighted by Gasteiger charge is 2.44. The maximum Gasteiger partial charge on any atom is 0.319 e. The van der Waals surface area contributed by atoms with Gasteiger partial charge >= 0.3 is 6.01 Å². The molecule has 2 bridgehead atoms. The summed E-state index contributed by atoms with van der Waals surface area (Å²) < 4.78 is 12.2. The number of ether oxygens (including phenoxy) is 2. The van der Waals surface area contributed by atoms with Gasteiger partial charge < -0.3 is 19.3 Å². The number of carbonyl (C=O) groups is 2. The van der Waals surface area contributed by atoms with Crippen LogP contribution in [0.5, 0.6) is 6.01 Å². The molecule has 10 nitrogen and oxygen atoms in total. The lowest BCUT2D eigenvalue weighted by Gasteiger charge is -2.49. The van der Waals surface area contributed by atoms with Gasteiger partial charge in [-0.05, 0) is 37.1 Å². The van der Waals surface area contributed by atoms with Gasteiger partial charge in [0.1, 0.15) is 23.8 Å². The summed E-state index contributed by atoms with van der Waals surface area (Å²) in [4.78, 5) is 44.2. The summed E-state index contributed by atoms with van der Waals surface area (Å²) in [7, 11) is 3.78. The second kappa shape index (κ2) is 10.5. The number of carbonyl (C=O) groups excluding carboxylic acids is 2. The van der Waals surface area contributed by atoms with Crippen LogP contribution in [0, 0.1) is 0 Å². The van der Waals surface area contributed by atoms with Gasteiger partial charge in [0.15, 0.2) is 0 Å². The van der Waals surface area contributed by atoms with Crippen molar-refractivity contribution in [2.75, 3.05) is 45.2 Å². The lowest BCUT2D eigenvalue weighted by Crippen LogP contribution is -2.64. The number of aryl methyl sites for hydroxylation is 1. The zero-order valence-electron chi connectivity index (χ0n) is 23.9. The quantitative estimate of drug-likeness (QED) is 0.495. The van der Waals surface area contributed by atoms with Gasteiger partial charge in [-0.2, -0.15) is 9.97 Å². The van der Waals surface area contributed by atoms with Crippen molar-refractivity contribution in [1.29, 1.82) is 0 Å². The van der Waals surface area contributed by atoms with E-state index in [4.69, 9.17) is 19.4 Å². The number of anilines is 1. The first-order valence-electron chi connectivity index (χ1n) is 14.7. The molecule has 5 atom stereocenters. The van der Waals surface area contributed by atoms with Gasteiger partial charge in [0.2, 0.25) is 5.91 Å². The number of aromatic nitrogens is 2. The normalized spacial score (nSPS) is 29.5. The SMILES string of the molecule is C=CC(=O)N1C2CC(=O)CC1CN(c1nc(O[C@@H]3CN(C)C[C@H]3OC)nc3c1CN(C1CCc4ccccc41)C3)C2. The molecule has 3 saturated heterocycles. The second-order valence-electron chi connectivity index (χ2n) is 12.2. The zero-order chi connectivity index (χ0) is 28.2. The third-order valence-corrected chi connectivity index (χ3v) is 9.57. The van der Waals surface area contributed by atoms with E-state index in [0.29, 0.717) is 38.0 Å². The Balaban J connectivity index is 1.22. The molecule has 41 heavy (non-hydrogen) atoms. The van der Waals surface area contributed by atoms with Crippen LogP contribution in [0.2, 0.25) is 0 Å². The summed E-state index contributed by atoms with van der Waals surface area (Å²) >= 11 is 0. The number of likely N-dealkylation sites (tertiary alicyclic amines) is 1. The van der Waals surface area contributed by atoms with Crippen LogP contribution in [-0.4, -0.2) is 101 Å². The van der Waals surface area contributed by atoms with Crippen LogP contribution in [0.15, 0.2) is 36.9 Å². The van der Waals surface area contributed by atoms with Crippen LogP contribution >= 0.6 is 0 Å². The van der Waals surface area contributed by atoms with Crippen LogP contribution in [0.25, 0.3) is 0 Å². The number of Topliss-reactive ketones (excluding diaryl/α,β-unsaturated/α-hetero) is 1. The first kappa shape index (κ1) is 26.6. The van der Waals surface area contributed by atoms with E-state index in [9.17, 15) is 9.59 Å². The third-order valence-electron chi connectivity index (χ3n) is 9.57. The van der Waals surface area contributed by atoms with Crippen molar-refractivity contribution in [3.63, 3.8) is 0 Å². The van der Waals surface area contributed by atoms with Crippen molar-refractivity contribution >= 4 is 17.5 Å². The maximum absolute atomic E-state index is 12.8. The fraction of sp³-hybridized carbons (Fsp3) is 0.548. The second-order valence-corrected chi connectivity index (χ2v) is 12.2. The van der Waals surface area contributed by atoms with E-state index in [-0.39, 0.29) is 36.0 Å². The predicted octanol–water partition coefficient (Wildman–Crippen LogP) is 2.12. The fourth-order valence-corrected chi connectivity index (χ4v) is 7.72. The smallest absolute Gasteiger partial charge is 0.319 e. The average molecular weight is 559 g/mol. The number of nitrogens with zero attached hydrogens (tertiary/aromatic N) is 6. The molecule has 1 aromatic carbocycles. The molecule has 3 fully saturated rings. The number of amides is 1. The molecular weight excluding hydrogens is 520 g/mol. The highest BCUT2D eigenvalue weighted by atomic mass is 16.5. The first-order chi connectivity index (χ1) is 19.9. The summed E-state index contributed by atoms with van der Waals surface area (Å²) in [6.45, 7) is 7.83. The van der Waals surface area contributed by atoms with E-state index in [2.05, 4.69) is 52.6 Å². The van der Waals surface area contributed by atoms with Crippen molar-refractivity contribution < 1.29 is 19.1 Å². The molecule has 7 rings (SSSR count). The highest BCUT2D eigenvalue weighted by Crippen LogP contribution is 2.42. The monoisotopic (exact) mass is 558 g/mol. The number of benzene rings is 1. The Labute approximate surface area is 240 Å². The van der Waals surface area contributed by atoms with Gasteiger partial charge in [0, 0.05) is 70.8 Å². The van der Waals surface area contributed by atoms with Gasteiger partial charge in [-0.3, -0.25) is 19.4 Å². The van der Waals surface area contributed by atoms with E-state index in [1.165, 1.54) is 17.2 Å². The van der Waals surface area contributed by atoms with Gasteiger partial charge in [0.25, 0.3) is 0 Å². The standard InChI is InChI=1S/C31H38N6O4/c1-4-29(39)37-20-11-22(38)12-21(37)14-36(13-20)30-24-15-35(26-10-9-19-7-5-6-8-23(19)26)16-25(24)32-31(33-30)41-28-18-34(2)17-27(28)40-3/h4-8,20-21,26-28H,1,9-18H2,2-3H3/t20?,21?,26?,27-,28-/m1/s1. The molecule has 2 aromatic rings. The number of piperazine rings is 1. The number of ketones is 1. The Morgan fingerprint density at radius 3 is 2.56 bits per heavy atom. The molecule has 0 N–H and O–H groups in total. The van der Waals surface area contributed by atoms with Crippen molar-refractivity contribution in [2.45, 2.75) is 69.1 Å². The minimum Gasteiger partial charge on any atom is -0.456 e. The van der Waals surface area contributed by atoms with Gasteiger partial charge in [-0.25, -0.2) is 0 Å². The summed E-state index contributed by atoms with van der Waals surface area (Å²) in [5.41, 5.74) is 4.97. The minimum absolute atomic E-state index is 0.0503. The van der Waals surface area contributed by atoms with Crippen LogP contribution in [0.3, 0.4) is 0 Å². The van der Waals surface area contributed by atoms with Crippen molar-refractivity contribution in [3.8, 4) is 6.01 Å². The number of hydrogen-bond acceptors (Lipinski definition) is 9. The Bertz CT molecular complexity index is 1360. The van der Waals surface area contributed by atoms with E-state index in [1.54, 1.807) is 7.11 Å². The predicted molar refractivity (Wildman–Crippen MR) is 153 cm³/mol. The van der Waals surface area contributed by atoms with Crippen LogP contribution < -0.4 is 9.64 Å². The van der Waals surface area contributed by atoms with Crippen LogP contribution in [0.4, 0.5) is 5.82 Å². The van der Waals surface area contributed by atoms with Crippen molar-refractivity contribution in [2.24, 2.45) is 0 Å². The number of likely N-dealkylation sites (N-methyl/N-ethyl adjacent to an activating group) is 1. The summed E-state index contributed by atoms with van der Waals surface area (Å²) in [5.74, 6) is 0.979. The molecule has 3 unspecified atom stereocenters. The van der Waals surface area contributed by atoms with E-state index in [1.807, 2.05) is 4.90 Å². The lowest BCUT2D eigenvalue weighted by molar-refractivity contribution is -0.138. The van der Waals surface area contributed by atoms with E-state index in [0.717, 1.165) is 56.1 Å². The van der Waals surface area contributed by atoms with E-state index >= 15 is 0 Å². The maximum atomic E-state index is 12.8. The Morgan fingerprint density at radius 2 is 1.80 bits per heavy atom. The first-order valence-corrected chi connectivity index (χ1v) is 14.7. The van der Waals surface area contributed by atoms with Crippen LogP contribution in [0.1, 0.15) is 47.7 Å². The lowest BCUT2D eigenvalue weighted by atomic mass is 9.90. The number of hydrogen-bond donors (Lipinski definition) is 0. The number of fused-ring (bicyclic) bond motifs is 4. The molecule has 5 heterocycles. The largest absolute Gasteiger partial charge is 0.456 e. The molecule has 1 aromatic heterocycles. The zero-order valence-corrected chi connectivity index (χ0v) is 23.9. The number of methoxy groups -OCH3 is 1. The summed E-state index contributed by atoms with van der Waals surface area (Å²) in [5, 5.41) is 0. The summed E-state index contributed by atoms with van der Waals surface area (Å²) in [6, 6.07) is 9.08. The Hall–Kier alpha value is -3.34. The fourth-order valence-electron chi connectivity index (χ4n) is 7.72. The third kappa shape index (κ3) is 4.71. The topological polar surface area (TPSA) is 91.3 Å². The van der Waals surface area contributed by atoms with Crippen LogP contribution in [-0.2, 0) is 33.8 Å². The van der Waals surface area contributed by atoms with E-state index < -0.39 is 0 Å². The minimum atomic E-state index is -0.198. The van der Waals surface area contributed by atoms with Gasteiger partial charge in [-0.15, -0.1) is 0 Å². The van der Waals surface area contributed by atoms with Crippen molar-refractivity contribution in [3.05, 3.63) is 59.3 Å². The molecule has 0 radical (unpaired) electrons. The number of piperidine rings is 1. The van der Waals surface area contributed by atoms with Gasteiger partial charge in [-0.1, -0.05) is 30.8 Å². The van der Waals surface area contributed by atoms with Crippen molar-refractivity contribution in [1.82, 2.24) is 24.7 Å². The molecule has 0 saturated carbocycles. The Morgan fingerprint density at radius 1 is 1.05 bits per heavy atom. The molecule has 4 aliphatic heterocycles. The Kier molecular flexibility index (Phi) is 6.79. The molecular formula is C31H38N6O4. The average Bonchev–Trinajstić information content (AvgIpc) is 3.67. The molecule has 5 aliphatic rings. The molecule has 10 heteroatoms. The molecule has 1 aliphatic carbocycles. The molecule has 1 amide bonds. The summed E-state index contributed by atoms with van der Waals surface area (Å²) in [6.07, 6.45) is 4.06.